The maximum Gasteiger partial charge on any atom is 0.135 e. The Balaban J connectivity index is 0. The summed E-state index contributed by atoms with van der Waals surface area (Å²) in [7, 11) is -0.424. The third-order valence-electron chi connectivity index (χ3n) is 1.13. The predicted molar refractivity (Wildman–Crippen MR) is 64.3 cm³/mol. The third-order valence-corrected chi connectivity index (χ3v) is 3.74. The van der Waals surface area contributed by atoms with Crippen LogP contribution in [0.1, 0.15) is 6.42 Å². The summed E-state index contributed by atoms with van der Waals surface area (Å²) in [6.45, 7) is 0. The number of hydrogen-bond donors (Lipinski definition) is 0. The summed E-state index contributed by atoms with van der Waals surface area (Å²) in [5.41, 5.74) is 0. The van der Waals surface area contributed by atoms with Crippen LogP contribution in [0.4, 0.5) is 0 Å². The van der Waals surface area contributed by atoms with Crippen molar-refractivity contribution in [3.63, 3.8) is 0 Å². The van der Waals surface area contributed by atoms with Crippen molar-refractivity contribution in [1.29, 1.82) is 0 Å². The Bertz CT molecular complexity index is 261. The first-order chi connectivity index (χ1) is 5.83. The molecule has 14 heavy (non-hydrogen) atoms. The van der Waals surface area contributed by atoms with Gasteiger partial charge in [0.15, 0.2) is 0 Å². The molecular weight excluding hydrogens is 242 g/mol. The Morgan fingerprint density at radius 1 is 1.50 bits per heavy atom. The van der Waals surface area contributed by atoms with Crippen molar-refractivity contribution in [3.8, 4) is 0 Å². The minimum Gasteiger partial charge on any atom is -0.748 e. The van der Waals surface area contributed by atoms with E-state index in [0.717, 1.165) is 0 Å². The van der Waals surface area contributed by atoms with Crippen LogP contribution in [0.3, 0.4) is 0 Å². The molecule has 0 N–H and O–H groups in total. The van der Waals surface area contributed by atoms with Crippen LogP contribution in [0, 0.1) is 7.43 Å². The second-order valence-electron chi connectivity index (χ2n) is 2.62. The van der Waals surface area contributed by atoms with E-state index in [-0.39, 0.29) is 13.2 Å². The molecule has 0 saturated heterocycles. The van der Waals surface area contributed by atoms with Crippen LogP contribution < -0.4 is 0 Å². The van der Waals surface area contributed by atoms with Crippen LogP contribution in [0.25, 0.3) is 0 Å². The first-order valence-corrected chi connectivity index (χ1v) is 6.57. The maximum atomic E-state index is 10.2. The predicted octanol–water partition coefficient (Wildman–Crippen LogP) is 0.952. The van der Waals surface area contributed by atoms with Crippen molar-refractivity contribution in [1.82, 2.24) is 4.90 Å². The van der Waals surface area contributed by atoms with Crippen molar-refractivity contribution in [3.05, 3.63) is 7.43 Å². The zero-order valence-electron chi connectivity index (χ0n) is 8.52. The van der Waals surface area contributed by atoms with E-state index < -0.39 is 10.1 Å². The number of nitrogens with zero attached hydrogens (tertiary/aromatic N) is 1. The fourth-order valence-corrected chi connectivity index (χ4v) is 2.18. The summed E-state index contributed by atoms with van der Waals surface area (Å²) in [6.07, 6.45) is 0.352. The van der Waals surface area contributed by atoms with E-state index in [2.05, 4.69) is 0 Å². The molecule has 0 aliphatic heterocycles. The van der Waals surface area contributed by atoms with Gasteiger partial charge in [-0.2, -0.15) is 0 Å². The van der Waals surface area contributed by atoms with Gasteiger partial charge in [-0.1, -0.05) is 24.0 Å². The van der Waals surface area contributed by atoms with Crippen LogP contribution in [0.2, 0.25) is 0 Å². The van der Waals surface area contributed by atoms with Crippen molar-refractivity contribution in [2.45, 2.75) is 6.42 Å². The van der Waals surface area contributed by atoms with Gasteiger partial charge in [-0.25, -0.2) is 8.42 Å². The van der Waals surface area contributed by atoms with Crippen LogP contribution in [-0.4, -0.2) is 47.8 Å². The molecule has 4 nitrogen and oxygen atoms in total. The van der Waals surface area contributed by atoms with Gasteiger partial charge in [0.25, 0.3) is 0 Å². The molecule has 7 heteroatoms. The van der Waals surface area contributed by atoms with Gasteiger partial charge >= 0.3 is 0 Å². The largest absolute Gasteiger partial charge is 0.748 e. The summed E-state index contributed by atoms with van der Waals surface area (Å²) in [5, 5.41) is 0. The van der Waals surface area contributed by atoms with Crippen LogP contribution >= 0.6 is 24.0 Å². The lowest BCUT2D eigenvalue weighted by atomic mass is 10.6. The summed E-state index contributed by atoms with van der Waals surface area (Å²) in [4.78, 5) is 1.77. The molecule has 0 bridgehead atoms. The topological polar surface area (TPSA) is 60.4 Å². The number of rotatable bonds is 4. The lowest BCUT2D eigenvalue weighted by molar-refractivity contribution is 0.462. The first kappa shape index (κ1) is 16.4. The molecule has 0 aromatic heterocycles. The molecule has 0 aliphatic carbocycles. The van der Waals surface area contributed by atoms with Gasteiger partial charge in [-0.05, 0) is 6.42 Å². The fourth-order valence-electron chi connectivity index (χ4n) is 0.524. The van der Waals surface area contributed by atoms with Gasteiger partial charge in [0.05, 0.1) is 10.1 Å². The minimum absolute atomic E-state index is 0. The smallest absolute Gasteiger partial charge is 0.135 e. The lowest BCUT2D eigenvalue weighted by Crippen LogP contribution is -2.16. The Hall–Kier alpha value is 0.0200. The van der Waals surface area contributed by atoms with E-state index in [1.807, 2.05) is 14.1 Å². The number of thiocarbonyl (C=S) groups is 1. The standard InChI is InChI=1S/C6H13NO3S3.CH3/c1-7(2)6(11)12-4-3-5-13(8,9)10;/h3-5H2,1-2H3,(H,8,9,10);1H3/q;+1/p-1. The van der Waals surface area contributed by atoms with Gasteiger partial charge in [-0.15, -0.1) is 0 Å². The highest BCUT2D eigenvalue weighted by atomic mass is 32.2. The van der Waals surface area contributed by atoms with Crippen LogP contribution in [0.15, 0.2) is 0 Å². The highest BCUT2D eigenvalue weighted by Gasteiger charge is 2.00. The normalized spacial score (nSPS) is 10.5. The molecule has 0 spiro atoms. The second kappa shape index (κ2) is 7.33. The molecule has 0 fully saturated rings. The SMILES string of the molecule is CN(C)C(=S)SCCCS(=O)(=O)[O-].[CH3+]. The van der Waals surface area contributed by atoms with E-state index in [1.165, 1.54) is 11.8 Å². The summed E-state index contributed by atoms with van der Waals surface area (Å²) in [6, 6.07) is 0. The van der Waals surface area contributed by atoms with Gasteiger partial charge in [0.2, 0.25) is 0 Å². The van der Waals surface area contributed by atoms with E-state index >= 15 is 0 Å². The molecule has 0 aliphatic rings. The summed E-state index contributed by atoms with van der Waals surface area (Å²) in [5.74, 6) is 0.258. The molecule has 0 atom stereocenters. The van der Waals surface area contributed by atoms with E-state index in [0.29, 0.717) is 16.5 Å². The van der Waals surface area contributed by atoms with Gasteiger partial charge in [-0.3, -0.25) is 0 Å². The van der Waals surface area contributed by atoms with Crippen LogP contribution in [-0.2, 0) is 10.1 Å². The number of thioether (sulfide) groups is 1. The second-order valence-corrected chi connectivity index (χ2v) is 5.88. The molecule has 0 unspecified atom stereocenters. The zero-order chi connectivity index (χ0) is 10.5. The van der Waals surface area contributed by atoms with Crippen molar-refractivity contribution in [2.75, 3.05) is 25.6 Å². The molecule has 0 aromatic rings. The van der Waals surface area contributed by atoms with Gasteiger partial charge in [0.1, 0.15) is 4.32 Å². The van der Waals surface area contributed by atoms with Gasteiger partial charge in [0, 0.05) is 33.0 Å². The molecule has 84 valence electrons. The minimum atomic E-state index is -4.06. The quantitative estimate of drug-likeness (QED) is 0.323. The highest BCUT2D eigenvalue weighted by molar-refractivity contribution is 8.22. The average molecular weight is 257 g/mol. The number of hydrogen-bond acceptors (Lipinski definition) is 5. The average Bonchev–Trinajstić information content (AvgIpc) is 1.95. The zero-order valence-corrected chi connectivity index (χ0v) is 11.0. The van der Waals surface area contributed by atoms with E-state index in [1.54, 1.807) is 4.90 Å². The van der Waals surface area contributed by atoms with Crippen molar-refractivity contribution >= 4 is 38.4 Å². The molecular formula is C7H15NO3S3. The first-order valence-electron chi connectivity index (χ1n) is 3.60. The highest BCUT2D eigenvalue weighted by Crippen LogP contribution is 2.08. The Morgan fingerprint density at radius 2 is 2.00 bits per heavy atom. The van der Waals surface area contributed by atoms with E-state index in [9.17, 15) is 13.0 Å². The van der Waals surface area contributed by atoms with Gasteiger partial charge < -0.3 is 9.45 Å². The van der Waals surface area contributed by atoms with E-state index in [4.69, 9.17) is 12.2 Å². The molecule has 0 aromatic carbocycles. The van der Waals surface area contributed by atoms with Crippen molar-refractivity contribution in [2.24, 2.45) is 0 Å². The molecule has 0 rings (SSSR count). The summed E-state index contributed by atoms with van der Waals surface area (Å²) < 4.78 is 31.3. The maximum absolute atomic E-state index is 10.2. The lowest BCUT2D eigenvalue weighted by Gasteiger charge is -2.12. The molecule has 0 heterocycles. The van der Waals surface area contributed by atoms with Crippen LogP contribution in [0.5, 0.6) is 0 Å². The molecule has 0 radical (unpaired) electrons. The molecule has 0 amide bonds. The third kappa shape index (κ3) is 10.1. The molecule has 0 saturated carbocycles. The Labute approximate surface area is 95.8 Å². The van der Waals surface area contributed by atoms with Crippen molar-refractivity contribution < 1.29 is 13.0 Å². The summed E-state index contributed by atoms with van der Waals surface area (Å²) >= 11 is 6.33. The Morgan fingerprint density at radius 3 is 2.36 bits per heavy atom. The Kier molecular flexibility index (Phi) is 8.61. The fraction of sp³-hybridized carbons (Fsp3) is 0.714. The monoisotopic (exact) mass is 257 g/mol.